The van der Waals surface area contributed by atoms with Crippen LogP contribution >= 0.6 is 0 Å². The first-order chi connectivity index (χ1) is 6.67. The van der Waals surface area contributed by atoms with Gasteiger partial charge in [0.15, 0.2) is 0 Å². The molecule has 0 aliphatic heterocycles. The third kappa shape index (κ3) is 5.19. The number of hydrogen-bond donors (Lipinski definition) is 2. The minimum Gasteiger partial charge on any atom is -0.469 e. The van der Waals surface area contributed by atoms with Crippen LogP contribution < -0.4 is 0 Å². The van der Waals surface area contributed by atoms with E-state index in [0.29, 0.717) is 6.42 Å². The normalized spacial score (nSPS) is 14.9. The monoisotopic (exact) mass is 204 g/mol. The summed E-state index contributed by atoms with van der Waals surface area (Å²) in [5, 5.41) is 18.0. The number of ether oxygens (including phenoxy) is 1. The van der Waals surface area contributed by atoms with Gasteiger partial charge in [0.2, 0.25) is 0 Å². The van der Waals surface area contributed by atoms with Crippen LogP contribution in [0.4, 0.5) is 0 Å². The van der Waals surface area contributed by atoms with Crippen molar-refractivity contribution in [2.24, 2.45) is 11.8 Å². The molecule has 0 heterocycles. The molecule has 0 unspecified atom stereocenters. The number of esters is 1. The summed E-state index contributed by atoms with van der Waals surface area (Å²) in [5.41, 5.74) is 0. The number of aliphatic hydroxyl groups excluding tert-OH is 2. The van der Waals surface area contributed by atoms with Crippen molar-refractivity contribution in [1.29, 1.82) is 0 Å². The zero-order chi connectivity index (χ0) is 11.0. The van der Waals surface area contributed by atoms with Crippen molar-refractivity contribution in [2.45, 2.75) is 26.2 Å². The molecule has 84 valence electrons. The van der Waals surface area contributed by atoms with E-state index in [0.717, 1.165) is 6.42 Å². The third-order valence-corrected chi connectivity index (χ3v) is 2.44. The Bertz CT molecular complexity index is 154. The first kappa shape index (κ1) is 13.4. The molecular weight excluding hydrogens is 184 g/mol. The fourth-order valence-corrected chi connectivity index (χ4v) is 1.38. The van der Waals surface area contributed by atoms with E-state index in [9.17, 15) is 4.79 Å². The lowest BCUT2D eigenvalue weighted by Gasteiger charge is -2.18. The van der Waals surface area contributed by atoms with Crippen LogP contribution in [0, 0.1) is 11.8 Å². The van der Waals surface area contributed by atoms with E-state index in [4.69, 9.17) is 10.2 Å². The van der Waals surface area contributed by atoms with Crippen LogP contribution in [0.15, 0.2) is 0 Å². The van der Waals surface area contributed by atoms with Crippen LogP contribution in [0.5, 0.6) is 0 Å². The van der Waals surface area contributed by atoms with Gasteiger partial charge in [0, 0.05) is 13.2 Å². The zero-order valence-corrected chi connectivity index (χ0v) is 8.90. The summed E-state index contributed by atoms with van der Waals surface area (Å²) in [5.74, 6) is -0.242. The summed E-state index contributed by atoms with van der Waals surface area (Å²) in [6, 6.07) is 0. The van der Waals surface area contributed by atoms with Crippen LogP contribution in [0.3, 0.4) is 0 Å². The molecule has 0 aliphatic rings. The molecule has 0 radical (unpaired) electrons. The van der Waals surface area contributed by atoms with Gasteiger partial charge in [-0.3, -0.25) is 4.79 Å². The molecule has 0 amide bonds. The SMILES string of the molecule is CC[C@@H](CO)C[C@@H](CO)CC(=O)OC. The van der Waals surface area contributed by atoms with Crippen molar-refractivity contribution in [2.75, 3.05) is 20.3 Å². The molecule has 2 atom stereocenters. The van der Waals surface area contributed by atoms with E-state index in [1.807, 2.05) is 6.92 Å². The van der Waals surface area contributed by atoms with Crippen LogP contribution in [0.25, 0.3) is 0 Å². The van der Waals surface area contributed by atoms with Crippen molar-refractivity contribution in [1.82, 2.24) is 0 Å². The molecule has 0 spiro atoms. The number of hydrogen-bond acceptors (Lipinski definition) is 4. The lowest BCUT2D eigenvalue weighted by Crippen LogP contribution is -2.18. The average molecular weight is 204 g/mol. The van der Waals surface area contributed by atoms with Crippen molar-refractivity contribution >= 4 is 5.97 Å². The van der Waals surface area contributed by atoms with Gasteiger partial charge in [-0.15, -0.1) is 0 Å². The molecule has 0 saturated heterocycles. The molecule has 0 aliphatic carbocycles. The highest BCUT2D eigenvalue weighted by Gasteiger charge is 2.17. The molecular formula is C10H20O4. The van der Waals surface area contributed by atoms with Gasteiger partial charge < -0.3 is 14.9 Å². The second-order valence-corrected chi connectivity index (χ2v) is 3.52. The molecule has 0 fully saturated rings. The smallest absolute Gasteiger partial charge is 0.305 e. The Morgan fingerprint density at radius 3 is 2.21 bits per heavy atom. The molecule has 14 heavy (non-hydrogen) atoms. The number of rotatable bonds is 7. The van der Waals surface area contributed by atoms with Gasteiger partial charge in [0.05, 0.1) is 13.5 Å². The van der Waals surface area contributed by atoms with Crippen molar-refractivity contribution in [3.8, 4) is 0 Å². The molecule has 0 aromatic heterocycles. The fourth-order valence-electron chi connectivity index (χ4n) is 1.38. The average Bonchev–Trinajstić information content (AvgIpc) is 2.23. The van der Waals surface area contributed by atoms with Gasteiger partial charge in [-0.05, 0) is 18.3 Å². The Labute approximate surface area is 84.9 Å². The third-order valence-electron chi connectivity index (χ3n) is 2.44. The Balaban J connectivity index is 3.94. The Morgan fingerprint density at radius 2 is 1.86 bits per heavy atom. The van der Waals surface area contributed by atoms with E-state index in [1.165, 1.54) is 7.11 Å². The van der Waals surface area contributed by atoms with Crippen LogP contribution in [0.1, 0.15) is 26.2 Å². The van der Waals surface area contributed by atoms with Crippen molar-refractivity contribution in [3.63, 3.8) is 0 Å². The predicted molar refractivity (Wildman–Crippen MR) is 52.7 cm³/mol. The van der Waals surface area contributed by atoms with Crippen molar-refractivity contribution < 1.29 is 19.7 Å². The van der Waals surface area contributed by atoms with Crippen LogP contribution in [-0.4, -0.2) is 36.5 Å². The second-order valence-electron chi connectivity index (χ2n) is 3.52. The molecule has 0 rings (SSSR count). The summed E-state index contributed by atoms with van der Waals surface area (Å²) in [6.07, 6.45) is 1.75. The topological polar surface area (TPSA) is 66.8 Å². The largest absolute Gasteiger partial charge is 0.469 e. The molecule has 0 aromatic rings. The van der Waals surface area contributed by atoms with Gasteiger partial charge in [0.1, 0.15) is 0 Å². The van der Waals surface area contributed by atoms with Crippen LogP contribution in [0.2, 0.25) is 0 Å². The maximum absolute atomic E-state index is 10.9. The maximum atomic E-state index is 10.9. The Kier molecular flexibility index (Phi) is 7.42. The highest BCUT2D eigenvalue weighted by molar-refractivity contribution is 5.69. The van der Waals surface area contributed by atoms with E-state index in [2.05, 4.69) is 4.74 Å². The number of carbonyl (C=O) groups is 1. The standard InChI is InChI=1S/C10H20O4/c1-3-8(6-11)4-9(7-12)5-10(13)14-2/h8-9,11-12H,3-7H2,1-2H3/t8-,9-/m1/s1. The quantitative estimate of drug-likeness (QED) is 0.595. The predicted octanol–water partition coefficient (Wildman–Crippen LogP) is 0.567. The second kappa shape index (κ2) is 7.76. The van der Waals surface area contributed by atoms with Gasteiger partial charge in [-0.25, -0.2) is 0 Å². The van der Waals surface area contributed by atoms with Crippen LogP contribution in [-0.2, 0) is 9.53 Å². The Morgan fingerprint density at radius 1 is 1.29 bits per heavy atom. The minimum absolute atomic E-state index is 0.0361. The summed E-state index contributed by atoms with van der Waals surface area (Å²) in [4.78, 5) is 10.9. The van der Waals surface area contributed by atoms with E-state index in [-0.39, 0.29) is 37.4 Å². The molecule has 2 N–H and O–H groups in total. The highest BCUT2D eigenvalue weighted by atomic mass is 16.5. The van der Waals surface area contributed by atoms with E-state index in [1.54, 1.807) is 0 Å². The van der Waals surface area contributed by atoms with E-state index < -0.39 is 0 Å². The molecule has 0 bridgehead atoms. The maximum Gasteiger partial charge on any atom is 0.305 e. The first-order valence-electron chi connectivity index (χ1n) is 4.96. The molecule has 4 heteroatoms. The lowest BCUT2D eigenvalue weighted by molar-refractivity contribution is -0.142. The summed E-state index contributed by atoms with van der Waals surface area (Å²) < 4.78 is 4.52. The van der Waals surface area contributed by atoms with Gasteiger partial charge in [0.25, 0.3) is 0 Å². The van der Waals surface area contributed by atoms with Crippen molar-refractivity contribution in [3.05, 3.63) is 0 Å². The number of aliphatic hydroxyl groups is 2. The molecule has 0 aromatic carbocycles. The first-order valence-corrected chi connectivity index (χ1v) is 4.96. The zero-order valence-electron chi connectivity index (χ0n) is 8.90. The van der Waals surface area contributed by atoms with Gasteiger partial charge in [-0.2, -0.15) is 0 Å². The summed E-state index contributed by atoms with van der Waals surface area (Å²) in [7, 11) is 1.33. The fraction of sp³-hybridized carbons (Fsp3) is 0.900. The van der Waals surface area contributed by atoms with Gasteiger partial charge >= 0.3 is 5.97 Å². The molecule has 4 nitrogen and oxygen atoms in total. The van der Waals surface area contributed by atoms with E-state index >= 15 is 0 Å². The number of carbonyl (C=O) groups excluding carboxylic acids is 1. The molecule has 0 saturated carbocycles. The van der Waals surface area contributed by atoms with Gasteiger partial charge in [-0.1, -0.05) is 13.3 Å². The highest BCUT2D eigenvalue weighted by Crippen LogP contribution is 2.18. The minimum atomic E-state index is -0.308. The lowest BCUT2D eigenvalue weighted by atomic mass is 9.91. The Hall–Kier alpha value is -0.610. The summed E-state index contributed by atoms with van der Waals surface area (Å²) in [6.45, 7) is 2.05. The number of methoxy groups -OCH3 is 1. The summed E-state index contributed by atoms with van der Waals surface area (Å²) >= 11 is 0.